The number of aromatic nitrogens is 6. The van der Waals surface area contributed by atoms with Crippen molar-refractivity contribution in [1.29, 1.82) is 0 Å². The first-order chi connectivity index (χ1) is 24.4. The molecule has 17 heteroatoms. The Morgan fingerprint density at radius 2 is 1.94 bits per heavy atom. The Hall–Kier alpha value is -4.70. The van der Waals surface area contributed by atoms with Crippen LogP contribution in [0.5, 0.6) is 5.75 Å². The number of halogens is 4. The van der Waals surface area contributed by atoms with Crippen LogP contribution in [0.2, 0.25) is 5.02 Å². The zero-order valence-electron chi connectivity index (χ0n) is 28.2. The van der Waals surface area contributed by atoms with Crippen LogP contribution in [0.4, 0.5) is 18.9 Å². The van der Waals surface area contributed by atoms with Crippen LogP contribution < -0.4 is 10.9 Å². The second-order valence-electron chi connectivity index (χ2n) is 12.7. The summed E-state index contributed by atoms with van der Waals surface area (Å²) in [6.07, 6.45) is 0.815. The molecule has 7 rings (SSSR count). The average Bonchev–Trinajstić information content (AvgIpc) is 3.79. The zero-order valence-corrected chi connectivity index (χ0v) is 29.0. The minimum absolute atomic E-state index is 0.00817. The molecule has 1 saturated heterocycles. The van der Waals surface area contributed by atoms with E-state index in [-0.39, 0.29) is 34.0 Å². The number of benzene rings is 1. The fourth-order valence-corrected chi connectivity index (χ4v) is 7.53. The average molecular weight is 731 g/mol. The van der Waals surface area contributed by atoms with Crippen molar-refractivity contribution < 1.29 is 32.6 Å². The molecule has 2 aromatic heterocycles. The summed E-state index contributed by atoms with van der Waals surface area (Å²) in [6.45, 7) is 6.43. The van der Waals surface area contributed by atoms with Crippen LogP contribution in [0.15, 0.2) is 35.4 Å². The Bertz CT molecular complexity index is 2000. The summed E-state index contributed by atoms with van der Waals surface area (Å²) in [5.41, 5.74) is -0.0119. The largest absolute Gasteiger partial charge is 0.504 e. The number of carbonyl (C=O) groups is 2. The van der Waals surface area contributed by atoms with Crippen LogP contribution in [0.3, 0.4) is 0 Å². The van der Waals surface area contributed by atoms with E-state index in [0.717, 1.165) is 34.9 Å². The third-order valence-electron chi connectivity index (χ3n) is 9.90. The molecule has 2 aliphatic heterocycles. The molecule has 1 spiro atoms. The molecule has 1 aromatic carbocycles. The number of anilines is 1. The van der Waals surface area contributed by atoms with Gasteiger partial charge in [0.05, 0.1) is 35.2 Å². The maximum absolute atomic E-state index is 14.7. The van der Waals surface area contributed by atoms with Crippen molar-refractivity contribution in [2.75, 3.05) is 31.6 Å². The van der Waals surface area contributed by atoms with E-state index in [1.54, 1.807) is 11.8 Å². The van der Waals surface area contributed by atoms with Crippen LogP contribution in [-0.2, 0) is 27.7 Å². The summed E-state index contributed by atoms with van der Waals surface area (Å²) >= 11 is 6.10. The van der Waals surface area contributed by atoms with Gasteiger partial charge in [-0.25, -0.2) is 14.6 Å². The smallest absolute Gasteiger partial charge is 0.416 e. The van der Waals surface area contributed by atoms with Crippen molar-refractivity contribution in [3.63, 3.8) is 0 Å². The van der Waals surface area contributed by atoms with Gasteiger partial charge in [-0.3, -0.25) is 24.6 Å². The molecule has 272 valence electrons. The Kier molecular flexibility index (Phi) is 10.0. The fraction of sp³-hybridized carbons (Fsp3) is 0.471. The monoisotopic (exact) mass is 730 g/mol. The molecule has 2 unspecified atom stereocenters. The first kappa shape index (κ1) is 36.1. The lowest BCUT2D eigenvalue weighted by Gasteiger charge is -2.40. The van der Waals surface area contributed by atoms with Gasteiger partial charge in [0.15, 0.2) is 11.4 Å². The lowest BCUT2D eigenvalue weighted by atomic mass is 9.71. The molecule has 2 atom stereocenters. The molecular weight excluding hydrogens is 693 g/mol. The van der Waals surface area contributed by atoms with Crippen LogP contribution in [-0.4, -0.2) is 78.1 Å². The molecule has 2 amide bonds. The zero-order chi connectivity index (χ0) is 36.7. The van der Waals surface area contributed by atoms with Crippen LogP contribution in [0.25, 0.3) is 5.57 Å². The summed E-state index contributed by atoms with van der Waals surface area (Å²) in [7, 11) is 0. The van der Waals surface area contributed by atoms with Crippen LogP contribution >= 0.6 is 11.6 Å². The molecule has 2 aliphatic carbocycles. The molecule has 13 nitrogen and oxygen atoms in total. The molecule has 1 saturated carbocycles. The lowest BCUT2D eigenvalue weighted by molar-refractivity contribution is -0.137. The molecule has 0 radical (unpaired) electrons. The molecule has 2 fully saturated rings. The molecule has 4 N–H and O–H groups in total. The minimum atomic E-state index is -4.62. The van der Waals surface area contributed by atoms with Gasteiger partial charge in [0.2, 0.25) is 5.91 Å². The number of H-pyrrole nitrogens is 2. The van der Waals surface area contributed by atoms with E-state index in [1.807, 2.05) is 19.9 Å². The third-order valence-corrected chi connectivity index (χ3v) is 10.2. The number of carbonyl (C=O) groups excluding carboxylic acids is 2. The molecule has 3 aromatic rings. The number of hydrogen-bond donors (Lipinski definition) is 4. The normalized spacial score (nSPS) is 20.0. The van der Waals surface area contributed by atoms with Gasteiger partial charge in [0.25, 0.3) is 11.5 Å². The molecular formula is C34H38ClF3N8O5. The highest BCUT2D eigenvalue weighted by atomic mass is 35.5. The van der Waals surface area contributed by atoms with E-state index in [2.05, 4.69) is 25.6 Å². The lowest BCUT2D eigenvalue weighted by Crippen LogP contribution is -2.48. The number of aromatic amines is 2. The SMILES string of the molecule is CC.Cc1n[nH]c(C(=O)N2CCC3(CC2)c2c(ncnc(C4=CCOCC4)[nH]n(CC(=O)Nc4ccc(C(F)(F)F)cc4Cl)c2=O)C2CC23)c1O. The highest BCUT2D eigenvalue weighted by molar-refractivity contribution is 6.33. The predicted molar refractivity (Wildman–Crippen MR) is 181 cm³/mol. The van der Waals surface area contributed by atoms with E-state index in [1.165, 1.54) is 6.33 Å². The van der Waals surface area contributed by atoms with Gasteiger partial charge in [-0.1, -0.05) is 31.5 Å². The number of rotatable bonds is 5. The highest BCUT2D eigenvalue weighted by Gasteiger charge is 2.63. The Labute approximate surface area is 295 Å². The number of alkyl halides is 3. The summed E-state index contributed by atoms with van der Waals surface area (Å²) < 4.78 is 46.1. The molecule has 4 heterocycles. The van der Waals surface area contributed by atoms with Gasteiger partial charge in [0, 0.05) is 30.0 Å². The molecule has 4 aliphatic rings. The highest BCUT2D eigenvalue weighted by Crippen LogP contribution is 2.67. The van der Waals surface area contributed by atoms with Crippen molar-refractivity contribution in [2.24, 2.45) is 5.92 Å². The van der Waals surface area contributed by atoms with E-state index < -0.39 is 41.1 Å². The summed E-state index contributed by atoms with van der Waals surface area (Å²) in [5.74, 6) is -0.877. The van der Waals surface area contributed by atoms with E-state index in [9.17, 15) is 32.7 Å². The van der Waals surface area contributed by atoms with E-state index in [0.29, 0.717) is 68.3 Å². The number of piperidine rings is 1. The number of aromatic hydroxyl groups is 1. The second kappa shape index (κ2) is 14.1. The predicted octanol–water partition coefficient (Wildman–Crippen LogP) is 5.26. The van der Waals surface area contributed by atoms with Crippen molar-refractivity contribution in [3.05, 3.63) is 80.0 Å². The van der Waals surface area contributed by atoms with Crippen molar-refractivity contribution in [3.8, 4) is 5.75 Å². The molecule has 51 heavy (non-hydrogen) atoms. The Morgan fingerprint density at radius 3 is 2.57 bits per heavy atom. The Balaban J connectivity index is 0.00000220. The van der Waals surface area contributed by atoms with Crippen molar-refractivity contribution >= 4 is 34.7 Å². The number of likely N-dealkylation sites (tertiary alicyclic amines) is 1. The first-order valence-corrected chi connectivity index (χ1v) is 17.2. The number of aryl methyl sites for hydroxylation is 1. The summed E-state index contributed by atoms with van der Waals surface area (Å²) in [5, 5.41) is 22.1. The number of hydrogen-bond acceptors (Lipinski definition) is 8. The number of ether oxygens (including phenoxy) is 1. The van der Waals surface area contributed by atoms with Gasteiger partial charge < -0.3 is 20.1 Å². The quantitative estimate of drug-likeness (QED) is 0.276. The molecule has 0 bridgehead atoms. The fourth-order valence-electron chi connectivity index (χ4n) is 7.31. The first-order valence-electron chi connectivity index (χ1n) is 16.8. The van der Waals surface area contributed by atoms with Gasteiger partial charge in [-0.15, -0.1) is 0 Å². The number of fused-ring (bicyclic) bond motifs is 5. The van der Waals surface area contributed by atoms with Gasteiger partial charge in [-0.2, -0.15) is 18.3 Å². The van der Waals surface area contributed by atoms with Crippen molar-refractivity contribution in [1.82, 2.24) is 34.8 Å². The second-order valence-corrected chi connectivity index (χ2v) is 13.1. The number of amides is 2. The van der Waals surface area contributed by atoms with Crippen molar-refractivity contribution in [2.45, 2.75) is 70.5 Å². The maximum Gasteiger partial charge on any atom is 0.416 e. The van der Waals surface area contributed by atoms with Crippen LogP contribution in [0.1, 0.15) is 84.3 Å². The summed E-state index contributed by atoms with van der Waals surface area (Å²) in [4.78, 5) is 52.2. The van der Waals surface area contributed by atoms with Crippen LogP contribution in [0, 0.1) is 12.8 Å². The number of nitrogens with one attached hydrogen (secondary N) is 3. The van der Waals surface area contributed by atoms with Gasteiger partial charge >= 0.3 is 6.18 Å². The van der Waals surface area contributed by atoms with E-state index in [4.69, 9.17) is 21.3 Å². The van der Waals surface area contributed by atoms with E-state index >= 15 is 0 Å². The minimum Gasteiger partial charge on any atom is -0.504 e. The van der Waals surface area contributed by atoms with Gasteiger partial charge in [0.1, 0.15) is 24.4 Å². The maximum atomic E-state index is 14.7. The summed E-state index contributed by atoms with van der Waals surface area (Å²) in [6, 6.07) is 2.59. The third kappa shape index (κ3) is 6.86. The Morgan fingerprint density at radius 1 is 1.20 bits per heavy atom. The van der Waals surface area contributed by atoms with Gasteiger partial charge in [-0.05, 0) is 62.3 Å². The number of nitrogens with zero attached hydrogens (tertiary/aromatic N) is 5. The standard InChI is InChI=1S/C32H32ClF3N8O5.C2H6/c1-16-27(46)26(41-40-16)30(48)43-8-6-31(7-9-43)20-13-19(20)25-24(31)29(47)44(42-28(38-15-37-25)17-4-10-49-11-5-17)14-23(45)39-22-3-2-18(12-21(22)33)32(34,35)36;1-2/h2-4,12,15,19-20,46H,5-11,13-14H2,1H3,(H,39,45)(H,40,41)(H,37,38,42);1-2H3. The topological polar surface area (TPSA) is 171 Å².